The zero-order valence-electron chi connectivity index (χ0n) is 11.4. The van der Waals surface area contributed by atoms with Crippen LogP contribution in [-0.2, 0) is 9.47 Å². The number of halogens is 1. The highest BCUT2D eigenvalue weighted by atomic mass is 79.9. The molecule has 0 radical (unpaired) electrons. The highest BCUT2D eigenvalue weighted by Gasteiger charge is 2.34. The van der Waals surface area contributed by atoms with Crippen LogP contribution in [0.1, 0.15) is 21.8 Å². The Balaban J connectivity index is 1.94. The van der Waals surface area contributed by atoms with Crippen molar-refractivity contribution in [3.63, 3.8) is 0 Å². The van der Waals surface area contributed by atoms with Gasteiger partial charge in [-0.1, -0.05) is 58.4 Å². The van der Waals surface area contributed by atoms with Gasteiger partial charge in [-0.15, -0.1) is 0 Å². The Kier molecular flexibility index (Phi) is 4.48. The van der Waals surface area contributed by atoms with Gasteiger partial charge in [-0.3, -0.25) is 4.79 Å². The van der Waals surface area contributed by atoms with E-state index in [0.29, 0.717) is 18.8 Å². The molecule has 0 aromatic heterocycles. The van der Waals surface area contributed by atoms with Crippen LogP contribution in [0, 0.1) is 0 Å². The van der Waals surface area contributed by atoms with Gasteiger partial charge in [0.1, 0.15) is 0 Å². The SMILES string of the molecule is O=C(c1ccc(Br)cc1)C(c1ccccc1)C1OCCO1. The zero-order chi connectivity index (χ0) is 14.7. The molecular formula is C17H15BrO3. The van der Waals surface area contributed by atoms with Crippen molar-refractivity contribution in [1.82, 2.24) is 0 Å². The zero-order valence-corrected chi connectivity index (χ0v) is 13.0. The molecule has 2 aromatic carbocycles. The summed E-state index contributed by atoms with van der Waals surface area (Å²) in [5.74, 6) is -0.421. The molecule has 1 fully saturated rings. The van der Waals surface area contributed by atoms with Gasteiger partial charge >= 0.3 is 0 Å². The maximum absolute atomic E-state index is 12.9. The molecule has 1 unspecified atom stereocenters. The van der Waals surface area contributed by atoms with Crippen molar-refractivity contribution in [3.05, 3.63) is 70.2 Å². The topological polar surface area (TPSA) is 35.5 Å². The number of carbonyl (C=O) groups is 1. The summed E-state index contributed by atoms with van der Waals surface area (Å²) in [6.45, 7) is 1.06. The normalized spacial score (nSPS) is 16.8. The van der Waals surface area contributed by atoms with E-state index < -0.39 is 12.2 Å². The monoisotopic (exact) mass is 346 g/mol. The van der Waals surface area contributed by atoms with E-state index in [1.807, 2.05) is 54.6 Å². The molecule has 1 atom stereocenters. The van der Waals surface area contributed by atoms with Gasteiger partial charge in [0.05, 0.1) is 19.1 Å². The molecule has 0 N–H and O–H groups in total. The van der Waals surface area contributed by atoms with Gasteiger partial charge in [0.25, 0.3) is 0 Å². The lowest BCUT2D eigenvalue weighted by atomic mass is 9.90. The molecule has 0 spiro atoms. The van der Waals surface area contributed by atoms with E-state index in [1.165, 1.54) is 0 Å². The lowest BCUT2D eigenvalue weighted by Crippen LogP contribution is -2.27. The predicted octanol–water partition coefficient (Wildman–Crippen LogP) is 3.79. The fraction of sp³-hybridized carbons (Fsp3) is 0.235. The lowest BCUT2D eigenvalue weighted by molar-refractivity contribution is -0.0536. The van der Waals surface area contributed by atoms with Gasteiger partial charge in [-0.05, 0) is 17.7 Å². The second-order valence-corrected chi connectivity index (χ2v) is 5.79. The molecule has 4 heteroatoms. The maximum atomic E-state index is 12.9. The minimum atomic E-state index is -0.511. The van der Waals surface area contributed by atoms with Gasteiger partial charge in [0.15, 0.2) is 12.1 Å². The van der Waals surface area contributed by atoms with Crippen molar-refractivity contribution in [2.45, 2.75) is 12.2 Å². The average Bonchev–Trinajstić information content (AvgIpc) is 3.03. The van der Waals surface area contributed by atoms with Crippen LogP contribution in [0.5, 0.6) is 0 Å². The highest BCUT2D eigenvalue weighted by Crippen LogP contribution is 2.29. The van der Waals surface area contributed by atoms with Crippen LogP contribution < -0.4 is 0 Å². The Morgan fingerprint density at radius 3 is 2.24 bits per heavy atom. The Morgan fingerprint density at radius 2 is 1.62 bits per heavy atom. The standard InChI is InChI=1S/C17H15BrO3/c18-14-8-6-13(7-9-14)16(19)15(17-20-10-11-21-17)12-4-2-1-3-5-12/h1-9,15,17H,10-11H2. The van der Waals surface area contributed by atoms with Crippen molar-refractivity contribution >= 4 is 21.7 Å². The first-order chi connectivity index (χ1) is 10.3. The molecule has 0 aliphatic carbocycles. The summed E-state index contributed by atoms with van der Waals surface area (Å²) < 4.78 is 12.1. The van der Waals surface area contributed by atoms with Crippen LogP contribution in [0.15, 0.2) is 59.1 Å². The van der Waals surface area contributed by atoms with E-state index in [4.69, 9.17) is 9.47 Å². The first kappa shape index (κ1) is 14.4. The Morgan fingerprint density at radius 1 is 1.00 bits per heavy atom. The number of benzene rings is 2. The maximum Gasteiger partial charge on any atom is 0.175 e. The number of hydrogen-bond acceptors (Lipinski definition) is 3. The second-order valence-electron chi connectivity index (χ2n) is 4.87. The number of hydrogen-bond donors (Lipinski definition) is 0. The molecule has 1 saturated heterocycles. The van der Waals surface area contributed by atoms with Gasteiger partial charge < -0.3 is 9.47 Å². The molecular weight excluding hydrogens is 332 g/mol. The van der Waals surface area contributed by atoms with E-state index in [2.05, 4.69) is 15.9 Å². The van der Waals surface area contributed by atoms with Gasteiger partial charge in [0.2, 0.25) is 0 Å². The van der Waals surface area contributed by atoms with Crippen molar-refractivity contribution < 1.29 is 14.3 Å². The van der Waals surface area contributed by atoms with E-state index in [1.54, 1.807) is 0 Å². The van der Waals surface area contributed by atoms with E-state index in [9.17, 15) is 4.79 Å². The van der Waals surface area contributed by atoms with Crippen LogP contribution >= 0.6 is 15.9 Å². The summed E-state index contributed by atoms with van der Waals surface area (Å²) >= 11 is 3.38. The fourth-order valence-corrected chi connectivity index (χ4v) is 2.72. The molecule has 3 nitrogen and oxygen atoms in total. The summed E-state index contributed by atoms with van der Waals surface area (Å²) in [5.41, 5.74) is 1.57. The largest absolute Gasteiger partial charge is 0.349 e. The molecule has 1 aliphatic heterocycles. The molecule has 21 heavy (non-hydrogen) atoms. The van der Waals surface area contributed by atoms with Crippen LogP contribution in [0.3, 0.4) is 0 Å². The van der Waals surface area contributed by atoms with Crippen molar-refractivity contribution in [2.75, 3.05) is 13.2 Å². The predicted molar refractivity (Wildman–Crippen MR) is 83.3 cm³/mol. The molecule has 1 aliphatic rings. The van der Waals surface area contributed by atoms with Crippen LogP contribution in [0.2, 0.25) is 0 Å². The average molecular weight is 347 g/mol. The van der Waals surface area contributed by atoms with Gasteiger partial charge in [-0.25, -0.2) is 0 Å². The second kappa shape index (κ2) is 6.52. The first-order valence-corrected chi connectivity index (χ1v) is 7.63. The number of Topliss-reactive ketones (excluding diaryl/α,β-unsaturated/α-hetero) is 1. The van der Waals surface area contributed by atoms with Gasteiger partial charge in [0, 0.05) is 10.0 Å². The van der Waals surface area contributed by atoms with Crippen LogP contribution in [0.4, 0.5) is 0 Å². The third-order valence-electron chi connectivity index (χ3n) is 3.49. The number of ketones is 1. The molecule has 108 valence electrons. The highest BCUT2D eigenvalue weighted by molar-refractivity contribution is 9.10. The van der Waals surface area contributed by atoms with Crippen LogP contribution in [0.25, 0.3) is 0 Å². The Bertz CT molecular complexity index is 604. The van der Waals surface area contributed by atoms with Crippen molar-refractivity contribution in [2.24, 2.45) is 0 Å². The summed E-state index contributed by atoms with van der Waals surface area (Å²) in [6.07, 6.45) is -0.511. The third-order valence-corrected chi connectivity index (χ3v) is 4.02. The Labute approximate surface area is 132 Å². The fourth-order valence-electron chi connectivity index (χ4n) is 2.46. The summed E-state index contributed by atoms with van der Waals surface area (Å²) in [7, 11) is 0. The Hall–Kier alpha value is -1.49. The number of rotatable bonds is 4. The molecule has 3 rings (SSSR count). The quantitative estimate of drug-likeness (QED) is 0.790. The van der Waals surface area contributed by atoms with Crippen molar-refractivity contribution in [3.8, 4) is 0 Å². The van der Waals surface area contributed by atoms with Gasteiger partial charge in [-0.2, -0.15) is 0 Å². The number of ether oxygens (including phenoxy) is 2. The first-order valence-electron chi connectivity index (χ1n) is 6.83. The molecule has 0 amide bonds. The van der Waals surface area contributed by atoms with Crippen LogP contribution in [-0.4, -0.2) is 25.3 Å². The van der Waals surface area contributed by atoms with E-state index in [0.717, 1.165) is 10.0 Å². The number of carbonyl (C=O) groups excluding carboxylic acids is 1. The molecule has 0 saturated carbocycles. The lowest BCUT2D eigenvalue weighted by Gasteiger charge is -2.21. The summed E-state index contributed by atoms with van der Waals surface area (Å²) in [6, 6.07) is 17.0. The van der Waals surface area contributed by atoms with E-state index >= 15 is 0 Å². The summed E-state index contributed by atoms with van der Waals surface area (Å²) in [4.78, 5) is 12.9. The third kappa shape index (κ3) is 3.23. The minimum absolute atomic E-state index is 0.0144. The molecule has 1 heterocycles. The molecule has 2 aromatic rings. The van der Waals surface area contributed by atoms with Crippen molar-refractivity contribution in [1.29, 1.82) is 0 Å². The molecule has 0 bridgehead atoms. The smallest absolute Gasteiger partial charge is 0.175 e. The van der Waals surface area contributed by atoms with E-state index in [-0.39, 0.29) is 5.78 Å². The minimum Gasteiger partial charge on any atom is -0.349 e. The summed E-state index contributed by atoms with van der Waals surface area (Å²) in [5, 5.41) is 0.